The van der Waals surface area contributed by atoms with Crippen molar-refractivity contribution in [3.8, 4) is 0 Å². The van der Waals surface area contributed by atoms with Gasteiger partial charge in [-0.25, -0.2) is 8.78 Å². The third-order valence-electron chi connectivity index (χ3n) is 3.48. The highest BCUT2D eigenvalue weighted by Crippen LogP contribution is 2.25. The quantitative estimate of drug-likeness (QED) is 0.835. The van der Waals surface area contributed by atoms with Gasteiger partial charge >= 0.3 is 0 Å². The Kier molecular flexibility index (Phi) is 5.32. The second-order valence-electron chi connectivity index (χ2n) is 5.03. The van der Waals surface area contributed by atoms with E-state index in [1.807, 2.05) is 13.0 Å². The maximum Gasteiger partial charge on any atom is 0.130 e. The summed E-state index contributed by atoms with van der Waals surface area (Å²) in [7, 11) is 0. The van der Waals surface area contributed by atoms with Gasteiger partial charge in [-0.3, -0.25) is 0 Å². The first-order chi connectivity index (χ1) is 10.0. The van der Waals surface area contributed by atoms with E-state index in [2.05, 4.69) is 5.32 Å². The molecular formula is C17H18ClF2N. The summed E-state index contributed by atoms with van der Waals surface area (Å²) < 4.78 is 28.2. The Balaban J connectivity index is 2.35. The fraction of sp³-hybridized carbons (Fsp3) is 0.294. The topological polar surface area (TPSA) is 12.0 Å². The summed E-state index contributed by atoms with van der Waals surface area (Å²) in [4.78, 5) is 0. The fourth-order valence-corrected chi connectivity index (χ4v) is 2.59. The molecule has 2 rings (SSSR count). The van der Waals surface area contributed by atoms with E-state index in [0.29, 0.717) is 34.7 Å². The van der Waals surface area contributed by atoms with Crippen LogP contribution in [0.15, 0.2) is 36.4 Å². The average Bonchev–Trinajstić information content (AvgIpc) is 2.45. The lowest BCUT2D eigenvalue weighted by Crippen LogP contribution is -2.24. The van der Waals surface area contributed by atoms with Gasteiger partial charge in [-0.1, -0.05) is 36.7 Å². The smallest absolute Gasteiger partial charge is 0.130 e. The van der Waals surface area contributed by atoms with Crippen molar-refractivity contribution in [1.82, 2.24) is 5.32 Å². The Hall–Kier alpha value is -1.45. The highest BCUT2D eigenvalue weighted by molar-refractivity contribution is 6.30. The van der Waals surface area contributed by atoms with Crippen molar-refractivity contribution in [2.75, 3.05) is 6.54 Å². The van der Waals surface area contributed by atoms with Gasteiger partial charge in [0.25, 0.3) is 0 Å². The van der Waals surface area contributed by atoms with Crippen LogP contribution in [0.3, 0.4) is 0 Å². The summed E-state index contributed by atoms with van der Waals surface area (Å²) >= 11 is 5.92. The summed E-state index contributed by atoms with van der Waals surface area (Å²) in [6.07, 6.45) is 0.348. The fourth-order valence-electron chi connectivity index (χ4n) is 2.40. The van der Waals surface area contributed by atoms with E-state index in [-0.39, 0.29) is 17.7 Å². The van der Waals surface area contributed by atoms with Crippen molar-refractivity contribution in [2.24, 2.45) is 0 Å². The number of aryl methyl sites for hydroxylation is 1. The van der Waals surface area contributed by atoms with Crippen LogP contribution in [0.2, 0.25) is 5.02 Å². The molecule has 2 aromatic rings. The van der Waals surface area contributed by atoms with Gasteiger partial charge in [-0.05, 0) is 49.2 Å². The van der Waals surface area contributed by atoms with E-state index in [1.54, 1.807) is 25.1 Å². The van der Waals surface area contributed by atoms with Gasteiger partial charge in [0.2, 0.25) is 0 Å². The van der Waals surface area contributed by atoms with Crippen LogP contribution < -0.4 is 5.32 Å². The van der Waals surface area contributed by atoms with E-state index >= 15 is 0 Å². The summed E-state index contributed by atoms with van der Waals surface area (Å²) in [5, 5.41) is 3.69. The van der Waals surface area contributed by atoms with Gasteiger partial charge in [0, 0.05) is 16.6 Å². The monoisotopic (exact) mass is 309 g/mol. The molecule has 1 nitrogen and oxygen atoms in total. The van der Waals surface area contributed by atoms with E-state index < -0.39 is 0 Å². The van der Waals surface area contributed by atoms with Gasteiger partial charge in [0.05, 0.1) is 0 Å². The number of likely N-dealkylation sites (N-methyl/N-ethyl adjacent to an activating group) is 1. The van der Waals surface area contributed by atoms with Crippen LogP contribution in [0, 0.1) is 18.6 Å². The molecular weight excluding hydrogens is 292 g/mol. The van der Waals surface area contributed by atoms with Crippen LogP contribution in [-0.2, 0) is 6.42 Å². The molecule has 0 radical (unpaired) electrons. The largest absolute Gasteiger partial charge is 0.310 e. The molecule has 0 bridgehead atoms. The molecule has 0 amide bonds. The van der Waals surface area contributed by atoms with E-state index in [1.165, 1.54) is 12.1 Å². The minimum absolute atomic E-state index is 0.245. The molecule has 112 valence electrons. The second kappa shape index (κ2) is 7.01. The van der Waals surface area contributed by atoms with E-state index in [0.717, 1.165) is 0 Å². The first kappa shape index (κ1) is 15.9. The number of nitrogens with one attached hydrogen (secondary N) is 1. The van der Waals surface area contributed by atoms with Crippen molar-refractivity contribution in [3.05, 3.63) is 69.7 Å². The minimum atomic E-state index is -0.324. The number of halogens is 3. The van der Waals surface area contributed by atoms with E-state index in [9.17, 15) is 8.78 Å². The van der Waals surface area contributed by atoms with Gasteiger partial charge in [-0.15, -0.1) is 0 Å². The van der Waals surface area contributed by atoms with Crippen molar-refractivity contribution in [3.63, 3.8) is 0 Å². The highest BCUT2D eigenvalue weighted by atomic mass is 35.5. The minimum Gasteiger partial charge on any atom is -0.310 e. The summed E-state index contributed by atoms with van der Waals surface area (Å²) in [6, 6.07) is 9.42. The molecule has 1 atom stereocenters. The molecule has 4 heteroatoms. The second-order valence-corrected chi connectivity index (χ2v) is 5.46. The summed E-state index contributed by atoms with van der Waals surface area (Å²) in [5.74, 6) is -0.568. The lowest BCUT2D eigenvalue weighted by Gasteiger charge is -2.20. The average molecular weight is 310 g/mol. The van der Waals surface area contributed by atoms with Gasteiger partial charge < -0.3 is 5.32 Å². The molecule has 0 spiro atoms. The lowest BCUT2D eigenvalue weighted by molar-refractivity contribution is 0.496. The maximum atomic E-state index is 14.3. The molecule has 21 heavy (non-hydrogen) atoms. The zero-order valence-corrected chi connectivity index (χ0v) is 12.8. The van der Waals surface area contributed by atoms with Crippen LogP contribution in [-0.4, -0.2) is 6.54 Å². The molecule has 0 saturated carbocycles. The van der Waals surface area contributed by atoms with Crippen molar-refractivity contribution >= 4 is 11.6 Å². The molecule has 0 aliphatic carbocycles. The standard InChI is InChI=1S/C17H18ClF2N/c1-3-21-16(14-6-4-5-11(2)17(14)20)10-12-9-13(18)7-8-15(12)19/h4-9,16,21H,3,10H2,1-2H3. The molecule has 0 aliphatic heterocycles. The molecule has 0 fully saturated rings. The predicted octanol–water partition coefficient (Wildman–Crippen LogP) is 4.82. The number of benzene rings is 2. The predicted molar refractivity (Wildman–Crippen MR) is 82.7 cm³/mol. The molecule has 1 N–H and O–H groups in total. The zero-order valence-electron chi connectivity index (χ0n) is 12.1. The summed E-state index contributed by atoms with van der Waals surface area (Å²) in [5.41, 5.74) is 1.62. The van der Waals surface area contributed by atoms with E-state index in [4.69, 9.17) is 11.6 Å². The zero-order chi connectivity index (χ0) is 15.4. The molecule has 2 aromatic carbocycles. The third kappa shape index (κ3) is 3.80. The lowest BCUT2D eigenvalue weighted by atomic mass is 9.96. The SMILES string of the molecule is CCNC(Cc1cc(Cl)ccc1F)c1cccc(C)c1F. The van der Waals surface area contributed by atoms with Crippen LogP contribution in [0.4, 0.5) is 8.78 Å². The first-order valence-electron chi connectivity index (χ1n) is 6.95. The molecule has 1 unspecified atom stereocenters. The Bertz CT molecular complexity index is 628. The Labute approximate surface area is 128 Å². The third-order valence-corrected chi connectivity index (χ3v) is 3.71. The van der Waals surface area contributed by atoms with Crippen LogP contribution >= 0.6 is 11.6 Å². The van der Waals surface area contributed by atoms with Crippen LogP contribution in [0.1, 0.15) is 29.7 Å². The molecule has 0 aliphatic rings. The Morgan fingerprint density at radius 1 is 1.19 bits per heavy atom. The maximum absolute atomic E-state index is 14.3. The number of hydrogen-bond acceptors (Lipinski definition) is 1. The first-order valence-corrected chi connectivity index (χ1v) is 7.33. The molecule has 0 heterocycles. The molecule has 0 saturated heterocycles. The molecule has 0 aromatic heterocycles. The highest BCUT2D eigenvalue weighted by Gasteiger charge is 2.18. The normalized spacial score (nSPS) is 12.4. The van der Waals surface area contributed by atoms with Gasteiger partial charge in [-0.2, -0.15) is 0 Å². The number of hydrogen-bond donors (Lipinski definition) is 1. The van der Waals surface area contributed by atoms with Crippen molar-refractivity contribution in [1.29, 1.82) is 0 Å². The van der Waals surface area contributed by atoms with Crippen molar-refractivity contribution < 1.29 is 8.78 Å². The number of rotatable bonds is 5. The van der Waals surface area contributed by atoms with Crippen molar-refractivity contribution in [2.45, 2.75) is 26.3 Å². The van der Waals surface area contributed by atoms with Crippen LogP contribution in [0.5, 0.6) is 0 Å². The van der Waals surface area contributed by atoms with Gasteiger partial charge in [0.15, 0.2) is 0 Å². The van der Waals surface area contributed by atoms with Gasteiger partial charge in [0.1, 0.15) is 11.6 Å². The summed E-state index contributed by atoms with van der Waals surface area (Å²) in [6.45, 7) is 4.33. The Morgan fingerprint density at radius 3 is 2.67 bits per heavy atom. The Morgan fingerprint density at radius 2 is 1.95 bits per heavy atom. The van der Waals surface area contributed by atoms with Crippen LogP contribution in [0.25, 0.3) is 0 Å².